The molecular weight excluding hydrogens is 291 g/mol. The molecule has 4 nitrogen and oxygen atoms in total. The van der Waals surface area contributed by atoms with Crippen LogP contribution < -0.4 is 15.8 Å². The van der Waals surface area contributed by atoms with Crippen molar-refractivity contribution in [3.8, 4) is 11.5 Å². The summed E-state index contributed by atoms with van der Waals surface area (Å²) in [7, 11) is 0. The predicted octanol–water partition coefficient (Wildman–Crippen LogP) is 3.21. The number of thiocarbonyl (C=S) groups is 1. The van der Waals surface area contributed by atoms with Crippen LogP contribution in [0, 0.1) is 5.82 Å². The molecule has 0 atom stereocenters. The monoisotopic (exact) mass is 304 g/mol. The van der Waals surface area contributed by atoms with E-state index in [1.165, 1.54) is 19.1 Å². The number of anilines is 1. The van der Waals surface area contributed by atoms with Gasteiger partial charge in [0.25, 0.3) is 0 Å². The van der Waals surface area contributed by atoms with Crippen molar-refractivity contribution in [3.05, 3.63) is 53.8 Å². The minimum absolute atomic E-state index is 0.0325. The van der Waals surface area contributed by atoms with E-state index in [2.05, 4.69) is 5.32 Å². The standard InChI is InChI=1S/C15H13FN2O2S/c1-9(19)18-11-6-2-3-7-12(11)20-13-8-4-5-10(16)14(13)15(17)21/h2-8H,1H3,(H2,17,21)(H,18,19). The fraction of sp³-hybridized carbons (Fsp3) is 0.0667. The summed E-state index contributed by atoms with van der Waals surface area (Å²) in [5.41, 5.74) is 6.04. The van der Waals surface area contributed by atoms with Gasteiger partial charge in [0.2, 0.25) is 5.91 Å². The number of rotatable bonds is 4. The lowest BCUT2D eigenvalue weighted by atomic mass is 10.2. The van der Waals surface area contributed by atoms with Crippen molar-refractivity contribution in [2.45, 2.75) is 6.92 Å². The summed E-state index contributed by atoms with van der Waals surface area (Å²) in [5.74, 6) is -0.229. The van der Waals surface area contributed by atoms with Gasteiger partial charge in [-0.25, -0.2) is 4.39 Å². The van der Waals surface area contributed by atoms with E-state index in [4.69, 9.17) is 22.7 Å². The van der Waals surface area contributed by atoms with Crippen LogP contribution >= 0.6 is 12.2 Å². The average Bonchev–Trinajstić information content (AvgIpc) is 2.40. The van der Waals surface area contributed by atoms with Crippen LogP contribution in [0.2, 0.25) is 0 Å². The van der Waals surface area contributed by atoms with E-state index < -0.39 is 5.82 Å². The van der Waals surface area contributed by atoms with Crippen molar-refractivity contribution in [3.63, 3.8) is 0 Å². The first-order valence-electron chi connectivity index (χ1n) is 6.12. The molecule has 21 heavy (non-hydrogen) atoms. The smallest absolute Gasteiger partial charge is 0.221 e. The van der Waals surface area contributed by atoms with Gasteiger partial charge in [-0.3, -0.25) is 4.79 Å². The zero-order chi connectivity index (χ0) is 15.4. The van der Waals surface area contributed by atoms with E-state index in [1.54, 1.807) is 30.3 Å². The van der Waals surface area contributed by atoms with Crippen LogP contribution in [0.5, 0.6) is 11.5 Å². The molecule has 0 radical (unpaired) electrons. The maximum Gasteiger partial charge on any atom is 0.221 e. The molecule has 0 aromatic heterocycles. The van der Waals surface area contributed by atoms with E-state index in [1.807, 2.05) is 0 Å². The van der Waals surface area contributed by atoms with Gasteiger partial charge in [0.15, 0.2) is 5.75 Å². The second-order valence-electron chi connectivity index (χ2n) is 4.26. The summed E-state index contributed by atoms with van der Waals surface area (Å²) >= 11 is 4.84. The molecule has 0 unspecified atom stereocenters. The fourth-order valence-electron chi connectivity index (χ4n) is 1.80. The SMILES string of the molecule is CC(=O)Nc1ccccc1Oc1cccc(F)c1C(N)=S. The van der Waals surface area contributed by atoms with Gasteiger partial charge in [-0.2, -0.15) is 0 Å². The minimum atomic E-state index is -0.558. The van der Waals surface area contributed by atoms with E-state index in [-0.39, 0.29) is 22.2 Å². The quantitative estimate of drug-likeness (QED) is 0.851. The number of carbonyl (C=O) groups is 1. The van der Waals surface area contributed by atoms with Crippen molar-refractivity contribution in [2.24, 2.45) is 5.73 Å². The first-order chi connectivity index (χ1) is 9.99. The number of halogens is 1. The Hall–Kier alpha value is -2.47. The van der Waals surface area contributed by atoms with Crippen molar-refractivity contribution >= 4 is 28.8 Å². The summed E-state index contributed by atoms with van der Waals surface area (Å²) in [4.78, 5) is 11.1. The second-order valence-corrected chi connectivity index (χ2v) is 4.70. The van der Waals surface area contributed by atoms with E-state index in [0.29, 0.717) is 11.4 Å². The normalized spacial score (nSPS) is 10.0. The van der Waals surface area contributed by atoms with Crippen molar-refractivity contribution in [1.82, 2.24) is 0 Å². The Bertz CT molecular complexity index is 704. The lowest BCUT2D eigenvalue weighted by Gasteiger charge is -2.14. The number of hydrogen-bond donors (Lipinski definition) is 2. The number of carbonyl (C=O) groups excluding carboxylic acids is 1. The Morgan fingerprint density at radius 2 is 1.86 bits per heavy atom. The number of hydrogen-bond acceptors (Lipinski definition) is 3. The molecule has 0 saturated carbocycles. The molecule has 3 N–H and O–H groups in total. The van der Waals surface area contributed by atoms with Crippen LogP contribution in [0.25, 0.3) is 0 Å². The molecule has 0 fully saturated rings. The van der Waals surface area contributed by atoms with Gasteiger partial charge in [0, 0.05) is 6.92 Å². The molecule has 1 amide bonds. The molecule has 0 aliphatic rings. The Balaban J connectivity index is 2.42. The number of benzene rings is 2. The van der Waals surface area contributed by atoms with E-state index >= 15 is 0 Å². The van der Waals surface area contributed by atoms with Gasteiger partial charge in [-0.05, 0) is 24.3 Å². The first-order valence-corrected chi connectivity index (χ1v) is 6.52. The van der Waals surface area contributed by atoms with Gasteiger partial charge >= 0.3 is 0 Å². The molecule has 2 aromatic rings. The first kappa shape index (κ1) is 14.9. The fourth-order valence-corrected chi connectivity index (χ4v) is 1.99. The zero-order valence-electron chi connectivity index (χ0n) is 11.2. The summed E-state index contributed by atoms with van der Waals surface area (Å²) in [6.45, 7) is 1.39. The number of para-hydroxylation sites is 2. The highest BCUT2D eigenvalue weighted by atomic mass is 32.1. The lowest BCUT2D eigenvalue weighted by Crippen LogP contribution is -2.13. The molecule has 2 rings (SSSR count). The number of nitrogens with two attached hydrogens (primary N) is 1. The Labute approximate surface area is 126 Å². The summed E-state index contributed by atoms with van der Waals surface area (Å²) < 4.78 is 19.5. The van der Waals surface area contributed by atoms with E-state index in [0.717, 1.165) is 0 Å². The van der Waals surface area contributed by atoms with Crippen LogP contribution in [0.1, 0.15) is 12.5 Å². The molecule has 0 heterocycles. The number of amides is 1. The third kappa shape index (κ3) is 3.55. The molecule has 0 bridgehead atoms. The second kappa shape index (κ2) is 6.32. The maximum atomic E-state index is 13.8. The van der Waals surface area contributed by atoms with Gasteiger partial charge in [0.05, 0.1) is 11.3 Å². The minimum Gasteiger partial charge on any atom is -0.454 e. The Morgan fingerprint density at radius 3 is 2.52 bits per heavy atom. The third-order valence-electron chi connectivity index (χ3n) is 2.64. The number of nitrogens with one attached hydrogen (secondary N) is 1. The molecule has 0 saturated heterocycles. The topological polar surface area (TPSA) is 64.3 Å². The molecule has 0 aliphatic heterocycles. The predicted molar refractivity (Wildman–Crippen MR) is 83.1 cm³/mol. The molecular formula is C15H13FN2O2S. The molecule has 0 spiro atoms. The van der Waals surface area contributed by atoms with Crippen molar-refractivity contribution in [1.29, 1.82) is 0 Å². The van der Waals surface area contributed by atoms with Gasteiger partial charge < -0.3 is 15.8 Å². The highest BCUT2D eigenvalue weighted by Crippen LogP contribution is 2.32. The van der Waals surface area contributed by atoms with Gasteiger partial charge in [-0.15, -0.1) is 0 Å². The summed E-state index contributed by atoms with van der Waals surface area (Å²) in [6, 6.07) is 11.1. The largest absolute Gasteiger partial charge is 0.454 e. The zero-order valence-corrected chi connectivity index (χ0v) is 12.0. The van der Waals surface area contributed by atoms with Crippen LogP contribution in [-0.4, -0.2) is 10.9 Å². The van der Waals surface area contributed by atoms with Crippen LogP contribution in [-0.2, 0) is 4.79 Å². The third-order valence-corrected chi connectivity index (χ3v) is 2.84. The highest BCUT2D eigenvalue weighted by Gasteiger charge is 2.14. The van der Waals surface area contributed by atoms with Crippen LogP contribution in [0.4, 0.5) is 10.1 Å². The number of ether oxygens (including phenoxy) is 1. The van der Waals surface area contributed by atoms with Crippen molar-refractivity contribution < 1.29 is 13.9 Å². The molecule has 6 heteroatoms. The van der Waals surface area contributed by atoms with Gasteiger partial charge in [0.1, 0.15) is 16.6 Å². The molecule has 0 aliphatic carbocycles. The average molecular weight is 304 g/mol. The van der Waals surface area contributed by atoms with Crippen molar-refractivity contribution in [2.75, 3.05) is 5.32 Å². The summed E-state index contributed by atoms with van der Waals surface area (Å²) in [6.07, 6.45) is 0. The van der Waals surface area contributed by atoms with Crippen LogP contribution in [0.3, 0.4) is 0 Å². The maximum absolute atomic E-state index is 13.8. The summed E-state index contributed by atoms with van der Waals surface area (Å²) in [5, 5.41) is 2.64. The lowest BCUT2D eigenvalue weighted by molar-refractivity contribution is -0.114. The highest BCUT2D eigenvalue weighted by molar-refractivity contribution is 7.80. The van der Waals surface area contributed by atoms with Gasteiger partial charge in [-0.1, -0.05) is 30.4 Å². The van der Waals surface area contributed by atoms with E-state index in [9.17, 15) is 9.18 Å². The Kier molecular flexibility index (Phi) is 4.49. The molecule has 108 valence electrons. The Morgan fingerprint density at radius 1 is 1.19 bits per heavy atom. The molecule has 2 aromatic carbocycles. The van der Waals surface area contributed by atoms with Crippen LogP contribution in [0.15, 0.2) is 42.5 Å².